The number of oxazole rings is 1. The number of rotatable bonds is 5. The van der Waals surface area contributed by atoms with E-state index in [1.165, 1.54) is 11.8 Å². The van der Waals surface area contributed by atoms with Crippen molar-refractivity contribution < 1.29 is 9.15 Å². The third kappa shape index (κ3) is 3.92. The Balaban J connectivity index is 1.45. The van der Waals surface area contributed by atoms with Crippen molar-refractivity contribution in [3.05, 3.63) is 54.7 Å². The van der Waals surface area contributed by atoms with Crippen LogP contribution in [0.5, 0.6) is 0 Å². The van der Waals surface area contributed by atoms with Crippen molar-refractivity contribution in [2.24, 2.45) is 0 Å². The molecule has 0 radical (unpaired) electrons. The Labute approximate surface area is 146 Å². The van der Waals surface area contributed by atoms with E-state index in [0.29, 0.717) is 17.8 Å². The van der Waals surface area contributed by atoms with E-state index in [4.69, 9.17) is 9.15 Å². The molecule has 0 amide bonds. The maximum Gasteiger partial charge on any atom is 0.264 e. The fraction of sp³-hybridized carbons (Fsp3) is 0.316. The van der Waals surface area contributed by atoms with Gasteiger partial charge in [0.25, 0.3) is 5.89 Å². The van der Waals surface area contributed by atoms with Gasteiger partial charge >= 0.3 is 0 Å². The largest absolute Gasteiger partial charge is 0.442 e. The quantitative estimate of drug-likeness (QED) is 0.772. The zero-order valence-corrected chi connectivity index (χ0v) is 13.9. The highest BCUT2D eigenvalue weighted by Gasteiger charge is 2.13. The molecule has 0 atom stereocenters. The van der Waals surface area contributed by atoms with Gasteiger partial charge in [-0.25, -0.2) is 15.0 Å². The Bertz CT molecular complexity index is 797. The fourth-order valence-corrected chi connectivity index (χ4v) is 2.95. The molecule has 1 fully saturated rings. The van der Waals surface area contributed by atoms with Crippen molar-refractivity contribution in [1.29, 1.82) is 0 Å². The van der Waals surface area contributed by atoms with Crippen molar-refractivity contribution in [1.82, 2.24) is 20.3 Å². The van der Waals surface area contributed by atoms with Crippen LogP contribution in [0.4, 0.5) is 0 Å². The average Bonchev–Trinajstić information content (AvgIpc) is 3.22. The number of aromatic nitrogens is 3. The molecule has 1 saturated heterocycles. The van der Waals surface area contributed by atoms with Gasteiger partial charge in [0.05, 0.1) is 6.20 Å². The van der Waals surface area contributed by atoms with E-state index >= 15 is 0 Å². The molecule has 3 aromatic rings. The SMILES string of the molecule is c1cc(CNC2CCOCC2)cc(-c2cnc(-c3ncco3)nc2)c1. The summed E-state index contributed by atoms with van der Waals surface area (Å²) < 4.78 is 10.6. The molecule has 4 rings (SSSR count). The molecule has 3 heterocycles. The topological polar surface area (TPSA) is 73.1 Å². The average molecular weight is 336 g/mol. The van der Waals surface area contributed by atoms with Gasteiger partial charge < -0.3 is 14.5 Å². The lowest BCUT2D eigenvalue weighted by atomic mass is 10.0. The lowest BCUT2D eigenvalue weighted by molar-refractivity contribution is 0.0776. The summed E-state index contributed by atoms with van der Waals surface area (Å²) in [6.07, 6.45) is 8.86. The predicted octanol–water partition coefficient (Wildman–Crippen LogP) is 3.07. The summed E-state index contributed by atoms with van der Waals surface area (Å²) in [5, 5.41) is 3.61. The lowest BCUT2D eigenvalue weighted by Gasteiger charge is -2.23. The predicted molar refractivity (Wildman–Crippen MR) is 93.6 cm³/mol. The molecular formula is C19H20N4O2. The number of hydrogen-bond donors (Lipinski definition) is 1. The summed E-state index contributed by atoms with van der Waals surface area (Å²) in [5.74, 6) is 0.923. The van der Waals surface area contributed by atoms with E-state index in [1.54, 1.807) is 18.6 Å². The van der Waals surface area contributed by atoms with Crippen LogP contribution in [0.25, 0.3) is 22.8 Å². The number of nitrogens with zero attached hydrogens (tertiary/aromatic N) is 3. The van der Waals surface area contributed by atoms with Crippen LogP contribution in [-0.2, 0) is 11.3 Å². The molecule has 6 nitrogen and oxygen atoms in total. The number of benzene rings is 1. The molecule has 25 heavy (non-hydrogen) atoms. The first kappa shape index (κ1) is 15.9. The van der Waals surface area contributed by atoms with Gasteiger partial charge in [-0.2, -0.15) is 0 Å². The molecule has 1 aliphatic rings. The van der Waals surface area contributed by atoms with Crippen LogP contribution in [-0.4, -0.2) is 34.2 Å². The summed E-state index contributed by atoms with van der Waals surface area (Å²) >= 11 is 0. The van der Waals surface area contributed by atoms with Gasteiger partial charge in [0, 0.05) is 43.8 Å². The minimum Gasteiger partial charge on any atom is -0.442 e. The van der Waals surface area contributed by atoms with Crippen molar-refractivity contribution in [3.8, 4) is 22.8 Å². The molecule has 0 unspecified atom stereocenters. The zero-order chi connectivity index (χ0) is 16.9. The van der Waals surface area contributed by atoms with E-state index in [-0.39, 0.29) is 0 Å². The molecule has 2 aromatic heterocycles. The van der Waals surface area contributed by atoms with Gasteiger partial charge in [-0.05, 0) is 30.0 Å². The molecule has 1 aliphatic heterocycles. The molecule has 0 spiro atoms. The van der Waals surface area contributed by atoms with Crippen LogP contribution in [0.1, 0.15) is 18.4 Å². The summed E-state index contributed by atoms with van der Waals surface area (Å²) in [5.41, 5.74) is 3.33. The Kier molecular flexibility index (Phi) is 4.81. The smallest absolute Gasteiger partial charge is 0.264 e. The highest BCUT2D eigenvalue weighted by molar-refractivity contribution is 5.63. The third-order valence-corrected chi connectivity index (χ3v) is 4.35. The molecule has 128 valence electrons. The van der Waals surface area contributed by atoms with Gasteiger partial charge in [0.1, 0.15) is 6.26 Å². The second-order valence-electron chi connectivity index (χ2n) is 6.10. The monoisotopic (exact) mass is 336 g/mol. The Morgan fingerprint density at radius 2 is 1.88 bits per heavy atom. The molecule has 1 aromatic carbocycles. The van der Waals surface area contributed by atoms with Gasteiger partial charge in [-0.1, -0.05) is 18.2 Å². The Hall–Kier alpha value is -2.57. The van der Waals surface area contributed by atoms with Crippen molar-refractivity contribution in [2.75, 3.05) is 13.2 Å². The molecule has 0 bridgehead atoms. The normalized spacial score (nSPS) is 15.4. The van der Waals surface area contributed by atoms with Crippen molar-refractivity contribution in [2.45, 2.75) is 25.4 Å². The van der Waals surface area contributed by atoms with Crippen LogP contribution in [0.3, 0.4) is 0 Å². The van der Waals surface area contributed by atoms with Crippen LogP contribution >= 0.6 is 0 Å². The number of hydrogen-bond acceptors (Lipinski definition) is 6. The van der Waals surface area contributed by atoms with Crippen molar-refractivity contribution in [3.63, 3.8) is 0 Å². The highest BCUT2D eigenvalue weighted by atomic mass is 16.5. The standard InChI is InChI=1S/C19H20N4O2/c1-2-14(11-21-17-4-7-24-8-5-17)10-15(3-1)16-12-22-18(23-13-16)19-20-6-9-25-19/h1-3,6,9-10,12-13,17,21H,4-5,7-8,11H2. The summed E-state index contributed by atoms with van der Waals surface area (Å²) in [6, 6.07) is 8.99. The highest BCUT2D eigenvalue weighted by Crippen LogP contribution is 2.21. The fourth-order valence-electron chi connectivity index (χ4n) is 2.95. The van der Waals surface area contributed by atoms with Gasteiger partial charge in [0.2, 0.25) is 5.82 Å². The zero-order valence-electron chi connectivity index (χ0n) is 13.9. The lowest BCUT2D eigenvalue weighted by Crippen LogP contribution is -2.34. The molecular weight excluding hydrogens is 316 g/mol. The van der Waals surface area contributed by atoms with Gasteiger partial charge in [-0.3, -0.25) is 0 Å². The van der Waals surface area contributed by atoms with Crippen LogP contribution in [0.2, 0.25) is 0 Å². The number of nitrogens with one attached hydrogen (secondary N) is 1. The van der Waals surface area contributed by atoms with E-state index in [9.17, 15) is 0 Å². The van der Waals surface area contributed by atoms with E-state index in [1.807, 2.05) is 0 Å². The summed E-state index contributed by atoms with van der Waals surface area (Å²) in [4.78, 5) is 12.8. The second kappa shape index (κ2) is 7.55. The Morgan fingerprint density at radius 1 is 1.04 bits per heavy atom. The maximum absolute atomic E-state index is 5.40. The first-order valence-corrected chi connectivity index (χ1v) is 8.51. The van der Waals surface area contributed by atoms with E-state index in [2.05, 4.69) is 44.5 Å². The van der Waals surface area contributed by atoms with Crippen LogP contribution in [0.15, 0.2) is 53.5 Å². The van der Waals surface area contributed by atoms with Crippen LogP contribution in [0, 0.1) is 0 Å². The third-order valence-electron chi connectivity index (χ3n) is 4.35. The van der Waals surface area contributed by atoms with Gasteiger partial charge in [-0.15, -0.1) is 0 Å². The number of ether oxygens (including phenoxy) is 1. The summed E-state index contributed by atoms with van der Waals surface area (Å²) in [6.45, 7) is 2.56. The van der Waals surface area contributed by atoms with E-state index in [0.717, 1.165) is 43.7 Å². The maximum atomic E-state index is 5.40. The van der Waals surface area contributed by atoms with Crippen molar-refractivity contribution >= 4 is 0 Å². The second-order valence-corrected chi connectivity index (χ2v) is 6.10. The molecule has 6 heteroatoms. The summed E-state index contributed by atoms with van der Waals surface area (Å²) in [7, 11) is 0. The minimum atomic E-state index is 0.431. The first-order chi connectivity index (χ1) is 12.4. The Morgan fingerprint density at radius 3 is 2.64 bits per heavy atom. The first-order valence-electron chi connectivity index (χ1n) is 8.51. The van der Waals surface area contributed by atoms with E-state index < -0.39 is 0 Å². The minimum absolute atomic E-state index is 0.431. The molecule has 0 saturated carbocycles. The van der Waals surface area contributed by atoms with Gasteiger partial charge in [0.15, 0.2) is 0 Å². The van der Waals surface area contributed by atoms with Crippen LogP contribution < -0.4 is 5.32 Å². The molecule has 0 aliphatic carbocycles. The molecule has 1 N–H and O–H groups in total.